The number of carboxylic acids is 1. The summed E-state index contributed by atoms with van der Waals surface area (Å²) in [5, 5.41) is 9.09. The van der Waals surface area contributed by atoms with Gasteiger partial charge >= 0.3 is 5.97 Å². The van der Waals surface area contributed by atoms with Crippen molar-refractivity contribution < 1.29 is 14.7 Å². The lowest BCUT2D eigenvalue weighted by atomic mass is 10.2. The molecule has 0 aliphatic heterocycles. The molecule has 0 radical (unpaired) electrons. The molecular weight excluding hydrogens is 242 g/mol. The van der Waals surface area contributed by atoms with Crippen LogP contribution in [-0.4, -0.2) is 35.0 Å². The zero-order valence-corrected chi connectivity index (χ0v) is 10.3. The van der Waals surface area contributed by atoms with Gasteiger partial charge in [-0.2, -0.15) is 0 Å². The fourth-order valence-electron chi connectivity index (χ4n) is 1.49. The molecule has 0 aliphatic carbocycles. The molecule has 1 amide bonds. The molecule has 0 atom stereocenters. The van der Waals surface area contributed by atoms with Crippen molar-refractivity contribution in [1.82, 2.24) is 4.90 Å². The molecule has 0 aromatic heterocycles. The monoisotopic (exact) mass is 255 g/mol. The third kappa shape index (κ3) is 3.75. The summed E-state index contributed by atoms with van der Waals surface area (Å²) in [5.74, 6) is -1.38. The van der Waals surface area contributed by atoms with Crippen LogP contribution in [0, 0.1) is 0 Å². The summed E-state index contributed by atoms with van der Waals surface area (Å²) in [5.41, 5.74) is 0.337. The Hall–Kier alpha value is -1.55. The van der Waals surface area contributed by atoms with Gasteiger partial charge in [-0.15, -0.1) is 0 Å². The molecule has 0 saturated heterocycles. The highest BCUT2D eigenvalue weighted by Crippen LogP contribution is 2.17. The Morgan fingerprint density at radius 2 is 2.00 bits per heavy atom. The van der Waals surface area contributed by atoms with E-state index in [1.54, 1.807) is 24.3 Å². The largest absolute Gasteiger partial charge is 0.480 e. The van der Waals surface area contributed by atoms with E-state index in [0.717, 1.165) is 0 Å². The number of hydrogen-bond donors (Lipinski definition) is 1. The van der Waals surface area contributed by atoms with Crippen molar-refractivity contribution in [3.8, 4) is 0 Å². The van der Waals surface area contributed by atoms with Crippen molar-refractivity contribution in [1.29, 1.82) is 0 Å². The molecule has 0 spiro atoms. The average Bonchev–Trinajstić information content (AvgIpc) is 2.28. The summed E-state index contributed by atoms with van der Waals surface area (Å²) in [6.45, 7) is 1.98. The number of hydrogen-bond acceptors (Lipinski definition) is 2. The van der Waals surface area contributed by atoms with Crippen LogP contribution < -0.4 is 0 Å². The van der Waals surface area contributed by atoms with Gasteiger partial charge in [0.25, 0.3) is 5.91 Å². The molecule has 17 heavy (non-hydrogen) atoms. The maximum atomic E-state index is 12.1. The van der Waals surface area contributed by atoms with Crippen molar-refractivity contribution in [3.63, 3.8) is 0 Å². The molecule has 1 N–H and O–H groups in total. The maximum absolute atomic E-state index is 12.1. The highest BCUT2D eigenvalue weighted by atomic mass is 35.5. The molecule has 0 aliphatic rings. The van der Waals surface area contributed by atoms with Crippen LogP contribution >= 0.6 is 11.6 Å². The molecule has 1 aromatic rings. The van der Waals surface area contributed by atoms with Crippen molar-refractivity contribution in [2.75, 3.05) is 13.1 Å². The summed E-state index contributed by atoms with van der Waals surface area (Å²) in [4.78, 5) is 24.0. The summed E-state index contributed by atoms with van der Waals surface area (Å²) in [6.07, 6.45) is 0.698. The number of carbonyl (C=O) groups is 2. The van der Waals surface area contributed by atoms with Crippen LogP contribution in [0.2, 0.25) is 5.02 Å². The van der Waals surface area contributed by atoms with Crippen molar-refractivity contribution in [3.05, 3.63) is 34.9 Å². The second-order valence-corrected chi connectivity index (χ2v) is 4.01. The van der Waals surface area contributed by atoms with Gasteiger partial charge in [0.1, 0.15) is 6.54 Å². The van der Waals surface area contributed by atoms with Gasteiger partial charge in [-0.25, -0.2) is 0 Å². The number of amides is 1. The third-order valence-corrected chi connectivity index (χ3v) is 2.54. The first-order valence-corrected chi connectivity index (χ1v) is 5.69. The fraction of sp³-hybridized carbons (Fsp3) is 0.333. The van der Waals surface area contributed by atoms with Gasteiger partial charge in [-0.3, -0.25) is 9.59 Å². The second kappa shape index (κ2) is 6.25. The smallest absolute Gasteiger partial charge is 0.323 e. The minimum absolute atomic E-state index is 0.308. The maximum Gasteiger partial charge on any atom is 0.323 e. The van der Waals surface area contributed by atoms with Gasteiger partial charge < -0.3 is 10.0 Å². The molecule has 0 unspecified atom stereocenters. The molecule has 0 bridgehead atoms. The van der Waals surface area contributed by atoms with Crippen molar-refractivity contribution in [2.24, 2.45) is 0 Å². The van der Waals surface area contributed by atoms with Crippen LogP contribution in [0.25, 0.3) is 0 Å². The van der Waals surface area contributed by atoms with Crippen molar-refractivity contribution in [2.45, 2.75) is 13.3 Å². The first-order chi connectivity index (χ1) is 8.06. The quantitative estimate of drug-likeness (QED) is 0.878. The third-order valence-electron chi connectivity index (χ3n) is 2.21. The van der Waals surface area contributed by atoms with Gasteiger partial charge in [0.05, 0.1) is 10.6 Å². The number of carbonyl (C=O) groups excluding carboxylic acids is 1. The van der Waals surface area contributed by atoms with E-state index in [-0.39, 0.29) is 12.5 Å². The topological polar surface area (TPSA) is 57.6 Å². The van der Waals surface area contributed by atoms with Gasteiger partial charge in [-0.1, -0.05) is 30.7 Å². The minimum Gasteiger partial charge on any atom is -0.480 e. The number of benzene rings is 1. The van der Waals surface area contributed by atoms with E-state index in [0.29, 0.717) is 23.6 Å². The van der Waals surface area contributed by atoms with Crippen LogP contribution in [0.1, 0.15) is 23.7 Å². The Morgan fingerprint density at radius 1 is 1.35 bits per heavy atom. The molecule has 92 valence electrons. The first kappa shape index (κ1) is 13.5. The van der Waals surface area contributed by atoms with Gasteiger partial charge in [0, 0.05) is 6.54 Å². The van der Waals surface area contributed by atoms with Crippen molar-refractivity contribution >= 4 is 23.5 Å². The van der Waals surface area contributed by atoms with Gasteiger partial charge in [-0.05, 0) is 18.6 Å². The van der Waals surface area contributed by atoms with Crippen LogP contribution in [0.15, 0.2) is 24.3 Å². The Labute approximate surface area is 105 Å². The van der Waals surface area contributed by atoms with Crippen LogP contribution in [0.5, 0.6) is 0 Å². The SMILES string of the molecule is CCCN(CC(=O)O)C(=O)c1ccccc1Cl. The number of carboxylic acid groups (broad SMARTS) is 1. The van der Waals surface area contributed by atoms with E-state index in [2.05, 4.69) is 0 Å². The zero-order chi connectivity index (χ0) is 12.8. The Bertz CT molecular complexity index is 420. The standard InChI is InChI=1S/C12H14ClNO3/c1-2-7-14(8-11(15)16)12(17)9-5-3-4-6-10(9)13/h3-6H,2,7-8H2,1H3,(H,15,16). The van der Waals surface area contributed by atoms with Gasteiger partial charge in [0.2, 0.25) is 0 Å². The molecule has 0 saturated carbocycles. The average molecular weight is 256 g/mol. The summed E-state index contributed by atoms with van der Waals surface area (Å²) in [6, 6.07) is 6.62. The normalized spacial score (nSPS) is 10.0. The lowest BCUT2D eigenvalue weighted by Crippen LogP contribution is -2.36. The first-order valence-electron chi connectivity index (χ1n) is 5.31. The molecule has 5 heteroatoms. The predicted molar refractivity (Wildman–Crippen MR) is 65.3 cm³/mol. The summed E-state index contributed by atoms with van der Waals surface area (Å²) >= 11 is 5.90. The van der Waals surface area contributed by atoms with Gasteiger partial charge in [0.15, 0.2) is 0 Å². The number of halogens is 1. The predicted octanol–water partition coefficient (Wildman–Crippen LogP) is 2.28. The number of rotatable bonds is 5. The van der Waals surface area contributed by atoms with Crippen LogP contribution in [0.4, 0.5) is 0 Å². The summed E-state index contributed by atoms with van der Waals surface area (Å²) in [7, 11) is 0. The summed E-state index contributed by atoms with van der Waals surface area (Å²) < 4.78 is 0. The molecular formula is C12H14ClNO3. The lowest BCUT2D eigenvalue weighted by molar-refractivity contribution is -0.137. The molecule has 1 aromatic carbocycles. The minimum atomic E-state index is -1.03. The fourth-order valence-corrected chi connectivity index (χ4v) is 1.71. The number of aliphatic carboxylic acids is 1. The number of nitrogens with zero attached hydrogens (tertiary/aromatic N) is 1. The van der Waals surface area contributed by atoms with E-state index >= 15 is 0 Å². The van der Waals surface area contributed by atoms with E-state index in [1.165, 1.54) is 4.90 Å². The molecule has 0 fully saturated rings. The zero-order valence-electron chi connectivity index (χ0n) is 9.52. The highest BCUT2D eigenvalue weighted by Gasteiger charge is 2.19. The highest BCUT2D eigenvalue weighted by molar-refractivity contribution is 6.33. The Morgan fingerprint density at radius 3 is 2.53 bits per heavy atom. The van der Waals surface area contributed by atoms with Crippen LogP contribution in [0.3, 0.4) is 0 Å². The molecule has 1 rings (SSSR count). The second-order valence-electron chi connectivity index (χ2n) is 3.60. The van der Waals surface area contributed by atoms with E-state index in [9.17, 15) is 9.59 Å². The Balaban J connectivity index is 2.91. The molecule has 4 nitrogen and oxygen atoms in total. The lowest BCUT2D eigenvalue weighted by Gasteiger charge is -2.20. The Kier molecular flexibility index (Phi) is 4.97. The van der Waals surface area contributed by atoms with Crippen LogP contribution in [-0.2, 0) is 4.79 Å². The van der Waals surface area contributed by atoms with E-state index < -0.39 is 5.97 Å². The molecule has 0 heterocycles. The van der Waals surface area contributed by atoms with E-state index in [1.807, 2.05) is 6.92 Å². The van der Waals surface area contributed by atoms with E-state index in [4.69, 9.17) is 16.7 Å².